The molecule has 0 saturated heterocycles. The molecule has 0 aliphatic heterocycles. The van der Waals surface area contributed by atoms with Crippen molar-refractivity contribution >= 4 is 11.5 Å². The second-order valence-electron chi connectivity index (χ2n) is 4.53. The van der Waals surface area contributed by atoms with Crippen LogP contribution in [0.4, 0.5) is 8.78 Å². The van der Waals surface area contributed by atoms with E-state index in [1.165, 1.54) is 12.1 Å². The zero-order chi connectivity index (χ0) is 16.4. The summed E-state index contributed by atoms with van der Waals surface area (Å²) in [7, 11) is 0. The summed E-state index contributed by atoms with van der Waals surface area (Å²) < 4.78 is 25.2. The highest BCUT2D eigenvalue weighted by Gasteiger charge is 2.10. The van der Waals surface area contributed by atoms with Crippen LogP contribution < -0.4 is 5.43 Å². The first kappa shape index (κ1) is 19.2. The summed E-state index contributed by atoms with van der Waals surface area (Å²) in [5.41, 5.74) is 4.48. The van der Waals surface area contributed by atoms with Gasteiger partial charge in [0.15, 0.2) is 0 Å². The molecule has 0 fully saturated rings. The maximum atomic E-state index is 12.6. The van der Waals surface area contributed by atoms with E-state index in [-0.39, 0.29) is 11.6 Å². The topological polar surface area (TPSA) is 36.8 Å². The van der Waals surface area contributed by atoms with Crippen molar-refractivity contribution in [1.82, 2.24) is 5.43 Å². The van der Waals surface area contributed by atoms with Gasteiger partial charge in [-0.3, -0.25) is 10.4 Å². The minimum absolute atomic E-state index is 0.0209. The van der Waals surface area contributed by atoms with Crippen LogP contribution in [0, 0.1) is 0 Å². The van der Waals surface area contributed by atoms with E-state index in [0.717, 1.165) is 11.3 Å². The number of halogens is 2. The highest BCUT2D eigenvalue weighted by molar-refractivity contribution is 5.84. The lowest BCUT2D eigenvalue weighted by Gasteiger charge is -2.10. The molecule has 1 N–H and O–H groups in total. The van der Waals surface area contributed by atoms with E-state index < -0.39 is 6.43 Å². The molecule has 0 aromatic heterocycles. The Morgan fingerprint density at radius 2 is 1.67 bits per heavy atom. The normalized spacial score (nSPS) is 12.3. The highest BCUT2D eigenvalue weighted by Crippen LogP contribution is 2.24. The Bertz CT molecular complexity index is 478. The zero-order valence-corrected chi connectivity index (χ0v) is 13.6. The lowest BCUT2D eigenvalue weighted by Crippen LogP contribution is -2.15. The van der Waals surface area contributed by atoms with Crippen LogP contribution in [-0.4, -0.2) is 11.5 Å². The van der Waals surface area contributed by atoms with Crippen molar-refractivity contribution in [2.75, 3.05) is 0 Å². The molecular formula is C16H25F2N3. The molecule has 1 aromatic carbocycles. The summed E-state index contributed by atoms with van der Waals surface area (Å²) in [6.07, 6.45) is -2.46. The van der Waals surface area contributed by atoms with E-state index in [1.54, 1.807) is 19.1 Å². The third kappa shape index (κ3) is 7.54. The summed E-state index contributed by atoms with van der Waals surface area (Å²) >= 11 is 0. The van der Waals surface area contributed by atoms with Crippen molar-refractivity contribution in [3.05, 3.63) is 35.4 Å². The van der Waals surface area contributed by atoms with Gasteiger partial charge in [-0.15, -0.1) is 0 Å². The first-order chi connectivity index (χ1) is 9.90. The van der Waals surface area contributed by atoms with Gasteiger partial charge in [0.2, 0.25) is 0 Å². The number of alkyl halides is 2. The molecule has 1 aromatic rings. The van der Waals surface area contributed by atoms with Crippen LogP contribution in [0.2, 0.25) is 0 Å². The summed E-state index contributed by atoms with van der Waals surface area (Å²) in [5.74, 6) is 0.649. The van der Waals surface area contributed by atoms with E-state index in [0.29, 0.717) is 5.84 Å². The number of aliphatic imine (C=N–C) groups is 1. The van der Waals surface area contributed by atoms with E-state index >= 15 is 0 Å². The number of nitrogens with zero attached hydrogens (tertiary/aromatic N) is 2. The molecule has 1 unspecified atom stereocenters. The SMILES string of the molecule is CC.CC(C)=NNC(C)=NC(C)c1cccc(C(F)F)c1. The van der Waals surface area contributed by atoms with Gasteiger partial charge in [0.25, 0.3) is 6.43 Å². The number of hydrogen-bond acceptors (Lipinski definition) is 2. The molecule has 0 bridgehead atoms. The number of rotatable bonds is 4. The maximum absolute atomic E-state index is 12.6. The number of nitrogens with one attached hydrogen (secondary N) is 1. The fraction of sp³-hybridized carbons (Fsp3) is 0.500. The van der Waals surface area contributed by atoms with Crippen molar-refractivity contribution in [2.45, 2.75) is 54.0 Å². The average Bonchev–Trinajstić information content (AvgIpc) is 2.47. The molecule has 5 heteroatoms. The second-order valence-corrected chi connectivity index (χ2v) is 4.53. The second kappa shape index (κ2) is 10.0. The van der Waals surface area contributed by atoms with Gasteiger partial charge in [-0.2, -0.15) is 5.10 Å². The molecule has 1 atom stereocenters. The fourth-order valence-electron chi connectivity index (χ4n) is 1.54. The molecular weight excluding hydrogens is 272 g/mol. The van der Waals surface area contributed by atoms with Crippen LogP contribution in [-0.2, 0) is 0 Å². The minimum Gasteiger partial charge on any atom is -0.266 e. The molecule has 0 saturated carbocycles. The predicted molar refractivity (Wildman–Crippen MR) is 86.2 cm³/mol. The van der Waals surface area contributed by atoms with Crippen molar-refractivity contribution in [3.8, 4) is 0 Å². The summed E-state index contributed by atoms with van der Waals surface area (Å²) in [6, 6.07) is 6.13. The largest absolute Gasteiger partial charge is 0.266 e. The Labute approximate surface area is 126 Å². The van der Waals surface area contributed by atoms with Crippen LogP contribution in [0.25, 0.3) is 0 Å². The van der Waals surface area contributed by atoms with Gasteiger partial charge in [-0.1, -0.05) is 32.0 Å². The molecule has 0 aliphatic carbocycles. The molecule has 21 heavy (non-hydrogen) atoms. The Morgan fingerprint density at radius 1 is 1.10 bits per heavy atom. The predicted octanol–water partition coefficient (Wildman–Crippen LogP) is 5.12. The molecule has 1 rings (SSSR count). The molecule has 0 heterocycles. The van der Waals surface area contributed by atoms with E-state index in [1.807, 2.05) is 34.6 Å². The van der Waals surface area contributed by atoms with Gasteiger partial charge in [0, 0.05) is 11.3 Å². The number of hydrogen-bond donors (Lipinski definition) is 1. The van der Waals surface area contributed by atoms with Gasteiger partial charge < -0.3 is 0 Å². The highest BCUT2D eigenvalue weighted by atomic mass is 19.3. The van der Waals surface area contributed by atoms with E-state index in [2.05, 4.69) is 15.5 Å². The molecule has 118 valence electrons. The molecule has 0 aliphatic rings. The number of benzene rings is 1. The molecule has 3 nitrogen and oxygen atoms in total. The molecule has 0 amide bonds. The minimum atomic E-state index is -2.46. The van der Waals surface area contributed by atoms with Gasteiger partial charge >= 0.3 is 0 Å². The van der Waals surface area contributed by atoms with Crippen molar-refractivity contribution < 1.29 is 8.78 Å². The summed E-state index contributed by atoms with van der Waals surface area (Å²) in [6.45, 7) is 11.4. The van der Waals surface area contributed by atoms with Crippen LogP contribution in [0.5, 0.6) is 0 Å². The van der Waals surface area contributed by atoms with Gasteiger partial charge in [0.1, 0.15) is 5.84 Å². The quantitative estimate of drug-likeness (QED) is 0.467. The van der Waals surface area contributed by atoms with Gasteiger partial charge in [-0.05, 0) is 39.3 Å². The maximum Gasteiger partial charge on any atom is 0.263 e. The van der Waals surface area contributed by atoms with Crippen molar-refractivity contribution in [2.24, 2.45) is 10.1 Å². The summed E-state index contributed by atoms with van der Waals surface area (Å²) in [5, 5.41) is 4.03. The number of hydrazone groups is 1. The van der Waals surface area contributed by atoms with E-state index in [4.69, 9.17) is 0 Å². The lowest BCUT2D eigenvalue weighted by molar-refractivity contribution is 0.151. The zero-order valence-electron chi connectivity index (χ0n) is 13.6. The Balaban J connectivity index is 0.00000191. The fourth-order valence-corrected chi connectivity index (χ4v) is 1.54. The average molecular weight is 297 g/mol. The van der Waals surface area contributed by atoms with Crippen LogP contribution in [0.3, 0.4) is 0 Å². The van der Waals surface area contributed by atoms with Crippen molar-refractivity contribution in [1.29, 1.82) is 0 Å². The van der Waals surface area contributed by atoms with Crippen molar-refractivity contribution in [3.63, 3.8) is 0 Å². The summed E-state index contributed by atoms with van der Waals surface area (Å²) in [4.78, 5) is 4.37. The Hall–Kier alpha value is -1.78. The smallest absolute Gasteiger partial charge is 0.263 e. The van der Waals surface area contributed by atoms with Gasteiger partial charge in [0.05, 0.1) is 6.04 Å². The molecule has 0 radical (unpaired) electrons. The first-order valence-electron chi connectivity index (χ1n) is 7.09. The van der Waals surface area contributed by atoms with Crippen LogP contribution >= 0.6 is 0 Å². The Kier molecular flexibility index (Phi) is 9.17. The lowest BCUT2D eigenvalue weighted by atomic mass is 10.1. The monoisotopic (exact) mass is 297 g/mol. The van der Waals surface area contributed by atoms with Gasteiger partial charge in [-0.25, -0.2) is 8.78 Å². The third-order valence-corrected chi connectivity index (χ3v) is 2.47. The van der Waals surface area contributed by atoms with E-state index in [9.17, 15) is 8.78 Å². The first-order valence-corrected chi connectivity index (χ1v) is 7.09. The molecule has 0 spiro atoms. The van der Waals surface area contributed by atoms with Crippen LogP contribution in [0.1, 0.15) is 65.1 Å². The Morgan fingerprint density at radius 3 is 2.19 bits per heavy atom. The third-order valence-electron chi connectivity index (χ3n) is 2.47. The number of amidine groups is 1. The standard InChI is InChI=1S/C14H19F2N3.C2H6/c1-9(2)18-19-11(4)17-10(3)12-6-5-7-13(8-12)14(15)16;1-2/h5-8,10,14H,1-4H3,(H,17,19);1-2H3. The van der Waals surface area contributed by atoms with Crippen LogP contribution in [0.15, 0.2) is 34.4 Å².